The molecule has 0 amide bonds. The van der Waals surface area contributed by atoms with Gasteiger partial charge in [0.05, 0.1) is 17.1 Å². The van der Waals surface area contributed by atoms with Crippen LogP contribution in [0.3, 0.4) is 0 Å². The predicted molar refractivity (Wildman–Crippen MR) is 92.6 cm³/mol. The smallest absolute Gasteiger partial charge is 0.271 e. The third-order valence-corrected chi connectivity index (χ3v) is 6.10. The lowest BCUT2D eigenvalue weighted by molar-refractivity contribution is 0.518. The zero-order valence-corrected chi connectivity index (χ0v) is 14.2. The minimum absolute atomic E-state index is 0.183. The lowest BCUT2D eigenvalue weighted by atomic mass is 10.3. The molecule has 0 fully saturated rings. The average molecular weight is 369 g/mol. The Bertz CT molecular complexity index is 872. The lowest BCUT2D eigenvalue weighted by Crippen LogP contribution is -2.11. The molecule has 3 aromatic rings. The summed E-state index contributed by atoms with van der Waals surface area (Å²) in [5.74, 6) is 0.823. The van der Waals surface area contributed by atoms with Gasteiger partial charge in [0.2, 0.25) is 0 Å². The summed E-state index contributed by atoms with van der Waals surface area (Å²) in [5.41, 5.74) is 1.35. The monoisotopic (exact) mass is 368 g/mol. The number of benzene rings is 1. The molecule has 23 heavy (non-hydrogen) atoms. The molecule has 8 heteroatoms. The van der Waals surface area contributed by atoms with Gasteiger partial charge >= 0.3 is 0 Å². The Balaban J connectivity index is 1.65. The molecule has 0 aliphatic carbocycles. The lowest BCUT2D eigenvalue weighted by Gasteiger charge is -2.08. The van der Waals surface area contributed by atoms with Crippen LogP contribution in [0.15, 0.2) is 63.4 Å². The second-order valence-electron chi connectivity index (χ2n) is 4.67. The van der Waals surface area contributed by atoms with Gasteiger partial charge in [-0.1, -0.05) is 11.6 Å². The summed E-state index contributed by atoms with van der Waals surface area (Å²) >= 11 is 6.79. The van der Waals surface area contributed by atoms with Gasteiger partial charge < -0.3 is 9.73 Å². The van der Waals surface area contributed by atoms with E-state index in [-0.39, 0.29) is 4.21 Å². The van der Waals surface area contributed by atoms with Gasteiger partial charge in [-0.25, -0.2) is 8.42 Å². The number of hydrogen-bond acceptors (Lipinski definition) is 5. The summed E-state index contributed by atoms with van der Waals surface area (Å²) in [6.45, 7) is 0.561. The number of furan rings is 1. The van der Waals surface area contributed by atoms with Gasteiger partial charge in [0.25, 0.3) is 10.0 Å². The quantitative estimate of drug-likeness (QED) is 0.676. The van der Waals surface area contributed by atoms with Crippen molar-refractivity contribution in [1.29, 1.82) is 0 Å². The van der Waals surface area contributed by atoms with E-state index in [2.05, 4.69) is 10.0 Å². The number of nitrogens with one attached hydrogen (secondary N) is 2. The number of rotatable bonds is 6. The highest BCUT2D eigenvalue weighted by atomic mass is 35.5. The molecule has 0 aliphatic heterocycles. The molecule has 5 nitrogen and oxygen atoms in total. The van der Waals surface area contributed by atoms with Crippen molar-refractivity contribution in [3.63, 3.8) is 0 Å². The fourth-order valence-electron chi connectivity index (χ4n) is 1.91. The van der Waals surface area contributed by atoms with E-state index in [0.717, 1.165) is 22.8 Å². The van der Waals surface area contributed by atoms with Crippen molar-refractivity contribution in [3.8, 4) is 0 Å². The molecule has 2 N–H and O–H groups in total. The van der Waals surface area contributed by atoms with Gasteiger partial charge in [-0.3, -0.25) is 4.72 Å². The fraction of sp³-hybridized carbons (Fsp3) is 0.0667. The summed E-state index contributed by atoms with van der Waals surface area (Å²) in [5, 5.41) is 3.19. The number of halogens is 1. The molecule has 0 atom stereocenters. The van der Waals surface area contributed by atoms with Crippen LogP contribution in [0.1, 0.15) is 5.76 Å². The first-order valence-corrected chi connectivity index (χ1v) is 9.35. The molecule has 0 spiro atoms. The highest BCUT2D eigenvalue weighted by Gasteiger charge is 2.16. The molecule has 0 saturated carbocycles. The number of thiophene rings is 1. The molecular weight excluding hydrogens is 356 g/mol. The van der Waals surface area contributed by atoms with Gasteiger partial charge in [0.1, 0.15) is 9.97 Å². The van der Waals surface area contributed by atoms with E-state index in [1.807, 2.05) is 12.1 Å². The summed E-state index contributed by atoms with van der Waals surface area (Å²) in [6, 6.07) is 13.7. The zero-order valence-electron chi connectivity index (χ0n) is 11.8. The van der Waals surface area contributed by atoms with Gasteiger partial charge in [0.15, 0.2) is 0 Å². The van der Waals surface area contributed by atoms with Crippen LogP contribution in [0, 0.1) is 0 Å². The van der Waals surface area contributed by atoms with E-state index in [0.29, 0.717) is 16.6 Å². The number of anilines is 2. The number of sulfonamides is 1. The second kappa shape index (κ2) is 6.66. The SMILES string of the molecule is O=S(=O)(Nc1ccc(NCc2ccco2)cc1)c1ccc(Cl)s1. The molecule has 3 rings (SSSR count). The van der Waals surface area contributed by atoms with Crippen LogP contribution < -0.4 is 10.0 Å². The first-order chi connectivity index (χ1) is 11.0. The standard InChI is InChI=1S/C15H13ClN2O3S2/c16-14-7-8-15(22-14)23(19,20)18-12-5-3-11(4-6-12)17-10-13-2-1-9-21-13/h1-9,17-18H,10H2. The Hall–Kier alpha value is -1.96. The fourth-order valence-corrected chi connectivity index (χ4v) is 4.45. The summed E-state index contributed by atoms with van der Waals surface area (Å²) in [7, 11) is -3.60. The van der Waals surface area contributed by atoms with Crippen LogP contribution in [-0.2, 0) is 16.6 Å². The average Bonchev–Trinajstić information content (AvgIpc) is 3.18. The van der Waals surface area contributed by atoms with E-state index in [4.69, 9.17) is 16.0 Å². The predicted octanol–water partition coefficient (Wildman–Crippen LogP) is 4.41. The van der Waals surface area contributed by atoms with E-state index >= 15 is 0 Å². The molecule has 0 saturated heterocycles. The molecule has 2 heterocycles. The molecule has 0 radical (unpaired) electrons. The van der Waals surface area contributed by atoms with Crippen LogP contribution in [0.5, 0.6) is 0 Å². The van der Waals surface area contributed by atoms with Crippen molar-refractivity contribution in [3.05, 3.63) is 64.9 Å². The highest BCUT2D eigenvalue weighted by Crippen LogP contribution is 2.27. The molecule has 0 aliphatic rings. The largest absolute Gasteiger partial charge is 0.467 e. The van der Waals surface area contributed by atoms with Crippen molar-refractivity contribution in [2.24, 2.45) is 0 Å². The van der Waals surface area contributed by atoms with Crippen LogP contribution in [0.25, 0.3) is 0 Å². The highest BCUT2D eigenvalue weighted by molar-refractivity contribution is 7.94. The first kappa shape index (κ1) is 15.9. The normalized spacial score (nSPS) is 11.3. The van der Waals surface area contributed by atoms with E-state index in [9.17, 15) is 8.42 Å². The minimum Gasteiger partial charge on any atom is -0.467 e. The maximum Gasteiger partial charge on any atom is 0.271 e. The Kier molecular flexibility index (Phi) is 4.61. The molecule has 120 valence electrons. The first-order valence-electron chi connectivity index (χ1n) is 6.67. The maximum atomic E-state index is 12.2. The third kappa shape index (κ3) is 4.07. The van der Waals surface area contributed by atoms with Crippen molar-refractivity contribution in [1.82, 2.24) is 0 Å². The Morgan fingerprint density at radius 3 is 2.39 bits per heavy atom. The van der Waals surface area contributed by atoms with Gasteiger partial charge in [-0.15, -0.1) is 11.3 Å². The molecule has 2 aromatic heterocycles. The van der Waals surface area contributed by atoms with Crippen LogP contribution in [0.2, 0.25) is 4.34 Å². The third-order valence-electron chi connectivity index (χ3n) is 3.00. The molecule has 0 bridgehead atoms. The second-order valence-corrected chi connectivity index (χ2v) is 8.30. The van der Waals surface area contributed by atoms with Crippen LogP contribution in [0.4, 0.5) is 11.4 Å². The minimum atomic E-state index is -3.60. The summed E-state index contributed by atoms with van der Waals surface area (Å²) < 4.78 is 32.8. The van der Waals surface area contributed by atoms with Gasteiger partial charge in [-0.05, 0) is 48.5 Å². The molecular formula is C15H13ClN2O3S2. The van der Waals surface area contributed by atoms with Crippen LogP contribution in [-0.4, -0.2) is 8.42 Å². The van der Waals surface area contributed by atoms with E-state index in [1.165, 1.54) is 6.07 Å². The Morgan fingerprint density at radius 2 is 1.78 bits per heavy atom. The van der Waals surface area contributed by atoms with Crippen molar-refractivity contribution in [2.45, 2.75) is 10.8 Å². The van der Waals surface area contributed by atoms with E-state index in [1.54, 1.807) is 36.6 Å². The molecule has 1 aromatic carbocycles. The maximum absolute atomic E-state index is 12.2. The van der Waals surface area contributed by atoms with Crippen molar-refractivity contribution >= 4 is 44.3 Å². The summed E-state index contributed by atoms with van der Waals surface area (Å²) in [6.07, 6.45) is 1.62. The molecule has 0 unspecified atom stereocenters. The van der Waals surface area contributed by atoms with Gasteiger partial charge in [0, 0.05) is 11.4 Å². The zero-order chi connectivity index (χ0) is 16.3. The number of hydrogen-bond donors (Lipinski definition) is 2. The van der Waals surface area contributed by atoms with E-state index < -0.39 is 10.0 Å². The summed E-state index contributed by atoms with van der Waals surface area (Å²) in [4.78, 5) is 0. The van der Waals surface area contributed by atoms with Crippen molar-refractivity contribution < 1.29 is 12.8 Å². The topological polar surface area (TPSA) is 71.3 Å². The Morgan fingerprint density at radius 1 is 1.04 bits per heavy atom. The Labute approximate surface area is 143 Å². The van der Waals surface area contributed by atoms with Gasteiger partial charge in [-0.2, -0.15) is 0 Å². The van der Waals surface area contributed by atoms with Crippen molar-refractivity contribution in [2.75, 3.05) is 10.0 Å². The van der Waals surface area contributed by atoms with Crippen LogP contribution >= 0.6 is 22.9 Å².